The fourth-order valence-electron chi connectivity index (χ4n) is 3.98. The van der Waals surface area contributed by atoms with Gasteiger partial charge >= 0.3 is 0 Å². The van der Waals surface area contributed by atoms with Crippen LogP contribution in [0, 0.1) is 11.8 Å². The molecule has 2 unspecified atom stereocenters. The van der Waals surface area contributed by atoms with Crippen molar-refractivity contribution in [3.8, 4) is 11.5 Å². The van der Waals surface area contributed by atoms with E-state index in [0.29, 0.717) is 29.9 Å². The Morgan fingerprint density at radius 1 is 1.33 bits per heavy atom. The van der Waals surface area contributed by atoms with Gasteiger partial charge in [-0.05, 0) is 36.8 Å². The molecular formula is C20H30N4O5S. The Hall–Kier alpha value is -1.98. The lowest BCUT2D eigenvalue weighted by molar-refractivity contribution is 0.196. The molecule has 10 heteroatoms. The first kappa shape index (κ1) is 22.7. The van der Waals surface area contributed by atoms with Gasteiger partial charge < -0.3 is 19.5 Å². The second-order valence-electron chi connectivity index (χ2n) is 7.46. The third-order valence-electron chi connectivity index (χ3n) is 5.62. The number of ether oxygens (including phenoxy) is 2. The fourth-order valence-corrected chi connectivity index (χ4v) is 4.19. The van der Waals surface area contributed by atoms with E-state index >= 15 is 0 Å². The number of piperidine rings is 1. The number of nitrogens with one attached hydrogen (secondary N) is 2. The molecule has 2 heterocycles. The molecule has 0 radical (unpaired) electrons. The van der Waals surface area contributed by atoms with E-state index in [2.05, 4.69) is 27.1 Å². The largest absolute Gasteiger partial charge is 0.493 e. The summed E-state index contributed by atoms with van der Waals surface area (Å²) in [5.74, 6) is 2.12. The Kier molecular flexibility index (Phi) is 8.23. The highest BCUT2D eigenvalue weighted by Gasteiger charge is 2.25. The van der Waals surface area contributed by atoms with E-state index in [1.165, 1.54) is 0 Å². The van der Waals surface area contributed by atoms with E-state index in [0.717, 1.165) is 42.5 Å². The van der Waals surface area contributed by atoms with Crippen molar-refractivity contribution >= 4 is 27.9 Å². The zero-order valence-electron chi connectivity index (χ0n) is 17.3. The fraction of sp³-hybridized carbons (Fsp3) is 0.550. The van der Waals surface area contributed by atoms with Crippen LogP contribution in [0.3, 0.4) is 0 Å². The van der Waals surface area contributed by atoms with Gasteiger partial charge in [-0.3, -0.25) is 9.54 Å². The summed E-state index contributed by atoms with van der Waals surface area (Å²) in [6.45, 7) is 4.78. The molecule has 1 fully saturated rings. The molecule has 3 rings (SSSR count). The highest BCUT2D eigenvalue weighted by atomic mass is 32.2. The highest BCUT2D eigenvalue weighted by molar-refractivity contribution is 7.77. The molecule has 0 saturated carbocycles. The Bertz CT molecular complexity index is 860. The minimum atomic E-state index is -2.05. The maximum atomic E-state index is 10.7. The second-order valence-corrected chi connectivity index (χ2v) is 8.16. The molecule has 1 aromatic heterocycles. The van der Waals surface area contributed by atoms with Crippen LogP contribution < -0.4 is 24.6 Å². The topological polar surface area (TPSA) is 116 Å². The van der Waals surface area contributed by atoms with Crippen molar-refractivity contribution in [1.29, 1.82) is 0 Å². The van der Waals surface area contributed by atoms with Gasteiger partial charge in [-0.1, -0.05) is 6.92 Å². The average molecular weight is 439 g/mol. The minimum Gasteiger partial charge on any atom is -0.493 e. The summed E-state index contributed by atoms with van der Waals surface area (Å²) in [7, 11) is 1.59. The van der Waals surface area contributed by atoms with E-state index in [4.69, 9.17) is 19.1 Å². The molecule has 1 aliphatic heterocycles. The molecule has 0 amide bonds. The first-order chi connectivity index (χ1) is 14.5. The van der Waals surface area contributed by atoms with E-state index in [-0.39, 0.29) is 13.2 Å². The number of pyridine rings is 1. The quantitative estimate of drug-likeness (QED) is 0.327. The van der Waals surface area contributed by atoms with Crippen LogP contribution >= 0.6 is 0 Å². The first-order valence-corrected chi connectivity index (χ1v) is 11.2. The van der Waals surface area contributed by atoms with Crippen molar-refractivity contribution in [3.63, 3.8) is 0 Å². The molecule has 166 valence electrons. The van der Waals surface area contributed by atoms with Gasteiger partial charge in [0.2, 0.25) is 11.3 Å². The molecule has 0 aliphatic carbocycles. The summed E-state index contributed by atoms with van der Waals surface area (Å²) in [6, 6.07) is 5.83. The monoisotopic (exact) mass is 438 g/mol. The highest BCUT2D eigenvalue weighted by Crippen LogP contribution is 2.37. The van der Waals surface area contributed by atoms with Crippen LogP contribution in [-0.4, -0.2) is 58.8 Å². The number of hydrogen-bond acceptors (Lipinski definition) is 7. The van der Waals surface area contributed by atoms with Gasteiger partial charge in [0.15, 0.2) is 11.5 Å². The number of aliphatic hydroxyl groups is 1. The lowest BCUT2D eigenvalue weighted by Crippen LogP contribution is -2.41. The maximum absolute atomic E-state index is 10.7. The molecule has 1 aliphatic rings. The molecule has 2 atom stereocenters. The van der Waals surface area contributed by atoms with Crippen LogP contribution in [-0.2, 0) is 11.3 Å². The first-order valence-electron chi connectivity index (χ1n) is 10.1. The van der Waals surface area contributed by atoms with E-state index in [9.17, 15) is 4.21 Å². The lowest BCUT2D eigenvalue weighted by atomic mass is 9.85. The van der Waals surface area contributed by atoms with Gasteiger partial charge in [-0.2, -0.15) is 4.83 Å². The second kappa shape index (κ2) is 10.9. The SMILES string of the molecule is COc1cc2nccc(N3CCC(C(C)CNNS(=O)O)CC3)c2cc1OCCO. The van der Waals surface area contributed by atoms with Crippen LogP contribution in [0.2, 0.25) is 0 Å². The number of nitrogens with zero attached hydrogens (tertiary/aromatic N) is 2. The minimum absolute atomic E-state index is 0.0641. The molecule has 1 saturated heterocycles. The lowest BCUT2D eigenvalue weighted by Gasteiger charge is -2.36. The van der Waals surface area contributed by atoms with Gasteiger partial charge in [0.1, 0.15) is 6.61 Å². The Labute approximate surface area is 179 Å². The summed E-state index contributed by atoms with van der Waals surface area (Å²) in [5.41, 5.74) is 4.76. The van der Waals surface area contributed by atoms with Crippen molar-refractivity contribution in [2.45, 2.75) is 19.8 Å². The van der Waals surface area contributed by atoms with Crippen LogP contribution in [0.1, 0.15) is 19.8 Å². The number of hydrogen-bond donors (Lipinski definition) is 4. The van der Waals surface area contributed by atoms with Crippen molar-refractivity contribution in [3.05, 3.63) is 24.4 Å². The van der Waals surface area contributed by atoms with Gasteiger partial charge in [0.25, 0.3) is 0 Å². The number of benzene rings is 1. The van der Waals surface area contributed by atoms with Gasteiger partial charge in [-0.25, -0.2) is 9.63 Å². The summed E-state index contributed by atoms with van der Waals surface area (Å²) in [4.78, 5) is 9.17. The summed E-state index contributed by atoms with van der Waals surface area (Å²) in [5, 5.41) is 10.1. The standard InChI is InChI=1S/C20H30N4O5S/c1-14(13-22-23-30(26)27)15-4-7-24(8-5-15)18-3-6-21-17-12-19(28-2)20(11-16(17)18)29-10-9-25/h3,6,11-12,14-15,22-23,25H,4-5,7-10,13H2,1-2H3,(H,26,27). The van der Waals surface area contributed by atoms with Crippen molar-refractivity contribution in [2.75, 3.05) is 44.9 Å². The molecular weight excluding hydrogens is 408 g/mol. The average Bonchev–Trinajstić information content (AvgIpc) is 2.76. The Balaban J connectivity index is 1.72. The molecule has 2 aromatic rings. The molecule has 4 N–H and O–H groups in total. The summed E-state index contributed by atoms with van der Waals surface area (Å²) >= 11 is -2.05. The number of rotatable bonds is 10. The normalized spacial score (nSPS) is 17.1. The zero-order valence-corrected chi connectivity index (χ0v) is 18.2. The maximum Gasteiger partial charge on any atom is 0.245 e. The van der Waals surface area contributed by atoms with Gasteiger partial charge in [0, 0.05) is 43.0 Å². The van der Waals surface area contributed by atoms with Crippen molar-refractivity contribution in [2.24, 2.45) is 11.8 Å². The van der Waals surface area contributed by atoms with E-state index < -0.39 is 11.3 Å². The number of anilines is 1. The zero-order chi connectivity index (χ0) is 21.5. The summed E-state index contributed by atoms with van der Waals surface area (Å²) < 4.78 is 30.5. The Morgan fingerprint density at radius 3 is 2.77 bits per heavy atom. The number of hydrazine groups is 1. The third-order valence-corrected chi connectivity index (χ3v) is 5.94. The van der Waals surface area contributed by atoms with Gasteiger partial charge in [-0.15, -0.1) is 0 Å². The van der Waals surface area contributed by atoms with E-state index in [1.807, 2.05) is 24.4 Å². The Morgan fingerprint density at radius 2 is 2.10 bits per heavy atom. The molecule has 1 aromatic carbocycles. The number of aliphatic hydroxyl groups excluding tert-OH is 1. The van der Waals surface area contributed by atoms with Crippen molar-refractivity contribution < 1.29 is 23.3 Å². The van der Waals surface area contributed by atoms with E-state index in [1.54, 1.807) is 7.11 Å². The van der Waals surface area contributed by atoms with Gasteiger partial charge in [0.05, 0.1) is 19.2 Å². The molecule has 30 heavy (non-hydrogen) atoms. The van der Waals surface area contributed by atoms with Crippen LogP contribution in [0.5, 0.6) is 11.5 Å². The van der Waals surface area contributed by atoms with Crippen LogP contribution in [0.25, 0.3) is 10.9 Å². The van der Waals surface area contributed by atoms with Crippen LogP contribution in [0.4, 0.5) is 5.69 Å². The predicted molar refractivity (Wildman–Crippen MR) is 117 cm³/mol. The number of methoxy groups -OCH3 is 1. The summed E-state index contributed by atoms with van der Waals surface area (Å²) in [6.07, 6.45) is 3.89. The molecule has 0 bridgehead atoms. The molecule has 9 nitrogen and oxygen atoms in total. The molecule has 0 spiro atoms. The van der Waals surface area contributed by atoms with Crippen molar-refractivity contribution in [1.82, 2.24) is 15.2 Å². The smallest absolute Gasteiger partial charge is 0.245 e. The predicted octanol–water partition coefficient (Wildman–Crippen LogP) is 1.70. The van der Waals surface area contributed by atoms with Crippen LogP contribution in [0.15, 0.2) is 24.4 Å². The number of fused-ring (bicyclic) bond motifs is 1. The third kappa shape index (κ3) is 5.58. The number of aromatic nitrogens is 1.